The summed E-state index contributed by atoms with van der Waals surface area (Å²) < 4.78 is 5.50. The van der Waals surface area contributed by atoms with Crippen molar-refractivity contribution in [1.82, 2.24) is 9.80 Å². The van der Waals surface area contributed by atoms with Gasteiger partial charge in [-0.1, -0.05) is 42.5 Å². The van der Waals surface area contributed by atoms with Crippen LogP contribution in [0.25, 0.3) is 0 Å². The van der Waals surface area contributed by atoms with Crippen LogP contribution in [-0.4, -0.2) is 54.3 Å². The molecular formula is C22H30N2O2. The number of piperazine rings is 1. The number of rotatable bonds is 7. The van der Waals surface area contributed by atoms with E-state index in [4.69, 9.17) is 4.74 Å². The predicted molar refractivity (Wildman–Crippen MR) is 105 cm³/mol. The Kier molecular flexibility index (Phi) is 6.67. The summed E-state index contributed by atoms with van der Waals surface area (Å²) in [4.78, 5) is 5.00. The van der Waals surface area contributed by atoms with Gasteiger partial charge in [-0.2, -0.15) is 0 Å². The fraction of sp³-hybridized carbons (Fsp3) is 0.455. The highest BCUT2D eigenvalue weighted by molar-refractivity contribution is 5.33. The number of hydrogen-bond acceptors (Lipinski definition) is 4. The average molecular weight is 354 g/mol. The zero-order valence-electron chi connectivity index (χ0n) is 15.9. The Morgan fingerprint density at radius 2 is 1.73 bits per heavy atom. The molecule has 1 heterocycles. The first kappa shape index (κ1) is 18.9. The topological polar surface area (TPSA) is 35.9 Å². The van der Waals surface area contributed by atoms with Crippen molar-refractivity contribution in [2.45, 2.75) is 32.5 Å². The largest absolute Gasteiger partial charge is 0.496 e. The van der Waals surface area contributed by atoms with Crippen LogP contribution >= 0.6 is 0 Å². The highest BCUT2D eigenvalue weighted by atomic mass is 16.5. The van der Waals surface area contributed by atoms with Crippen LogP contribution in [0, 0.1) is 6.92 Å². The van der Waals surface area contributed by atoms with E-state index in [9.17, 15) is 5.11 Å². The predicted octanol–water partition coefficient (Wildman–Crippen LogP) is 3.07. The second-order valence-corrected chi connectivity index (χ2v) is 7.11. The van der Waals surface area contributed by atoms with Gasteiger partial charge in [-0.25, -0.2) is 0 Å². The lowest BCUT2D eigenvalue weighted by molar-refractivity contribution is 0.0495. The molecule has 0 unspecified atom stereocenters. The maximum absolute atomic E-state index is 9.55. The number of para-hydroxylation sites is 1. The Balaban J connectivity index is 1.67. The van der Waals surface area contributed by atoms with Gasteiger partial charge in [0, 0.05) is 50.9 Å². The summed E-state index contributed by atoms with van der Waals surface area (Å²) in [5.41, 5.74) is 3.95. The zero-order chi connectivity index (χ0) is 18.4. The second-order valence-electron chi connectivity index (χ2n) is 7.11. The van der Waals surface area contributed by atoms with Gasteiger partial charge in [0.05, 0.1) is 7.11 Å². The first-order valence-corrected chi connectivity index (χ1v) is 9.45. The van der Waals surface area contributed by atoms with E-state index in [1.165, 1.54) is 16.7 Å². The minimum absolute atomic E-state index is 0.234. The van der Waals surface area contributed by atoms with Crippen molar-refractivity contribution in [3.05, 3.63) is 65.2 Å². The molecule has 0 amide bonds. The Morgan fingerprint density at radius 3 is 2.46 bits per heavy atom. The van der Waals surface area contributed by atoms with Gasteiger partial charge in [0.25, 0.3) is 0 Å². The lowest BCUT2D eigenvalue weighted by Gasteiger charge is -2.41. The van der Waals surface area contributed by atoms with Crippen LogP contribution in [0.15, 0.2) is 48.5 Å². The third kappa shape index (κ3) is 4.64. The quantitative estimate of drug-likeness (QED) is 0.829. The summed E-state index contributed by atoms with van der Waals surface area (Å²) in [5.74, 6) is 0.952. The van der Waals surface area contributed by atoms with Crippen LogP contribution < -0.4 is 4.74 Å². The average Bonchev–Trinajstić information content (AvgIpc) is 2.66. The zero-order valence-corrected chi connectivity index (χ0v) is 15.9. The molecule has 4 heteroatoms. The Bertz CT molecular complexity index is 704. The van der Waals surface area contributed by atoms with Gasteiger partial charge in [0.1, 0.15) is 5.75 Å². The summed E-state index contributed by atoms with van der Waals surface area (Å²) in [6.45, 7) is 7.29. The van der Waals surface area contributed by atoms with Crippen molar-refractivity contribution in [2.24, 2.45) is 0 Å². The molecule has 0 radical (unpaired) electrons. The van der Waals surface area contributed by atoms with Crippen LogP contribution in [0.5, 0.6) is 5.75 Å². The molecule has 2 aromatic carbocycles. The Morgan fingerprint density at radius 1 is 1.00 bits per heavy atom. The monoisotopic (exact) mass is 354 g/mol. The van der Waals surface area contributed by atoms with Gasteiger partial charge in [0.15, 0.2) is 0 Å². The van der Waals surface area contributed by atoms with Crippen molar-refractivity contribution in [3.63, 3.8) is 0 Å². The van der Waals surface area contributed by atoms with Gasteiger partial charge in [0.2, 0.25) is 0 Å². The van der Waals surface area contributed by atoms with Crippen LogP contribution in [0.4, 0.5) is 0 Å². The highest BCUT2D eigenvalue weighted by Gasteiger charge is 2.27. The number of aliphatic hydroxyl groups is 1. The second kappa shape index (κ2) is 9.17. The van der Waals surface area contributed by atoms with Crippen molar-refractivity contribution in [1.29, 1.82) is 0 Å². The Hall–Kier alpha value is -1.88. The number of ether oxygens (including phenoxy) is 1. The summed E-state index contributed by atoms with van der Waals surface area (Å²) in [7, 11) is 1.73. The summed E-state index contributed by atoms with van der Waals surface area (Å²) >= 11 is 0. The maximum atomic E-state index is 9.55. The van der Waals surface area contributed by atoms with Gasteiger partial charge >= 0.3 is 0 Å². The standard InChI is InChI=1S/C22H30N2O2/c1-18-7-3-4-8-19(18)16-24-13-12-23(17-21(24)11-14-25)15-20-9-5-6-10-22(20)26-2/h3-10,21,25H,11-17H2,1-2H3/t21-/m0/s1. The number of hydrogen-bond donors (Lipinski definition) is 1. The lowest BCUT2D eigenvalue weighted by Crippen LogP contribution is -2.52. The molecule has 1 aliphatic heterocycles. The van der Waals surface area contributed by atoms with Crippen LogP contribution in [0.2, 0.25) is 0 Å². The molecule has 2 aromatic rings. The van der Waals surface area contributed by atoms with Crippen LogP contribution in [-0.2, 0) is 13.1 Å². The minimum atomic E-state index is 0.234. The fourth-order valence-electron chi connectivity index (χ4n) is 3.81. The molecule has 0 bridgehead atoms. The fourth-order valence-corrected chi connectivity index (χ4v) is 3.81. The summed E-state index contributed by atoms with van der Waals surface area (Å²) in [6, 6.07) is 17.2. The van der Waals surface area contributed by atoms with Crippen molar-refractivity contribution < 1.29 is 9.84 Å². The molecule has 26 heavy (non-hydrogen) atoms. The van der Waals surface area contributed by atoms with Crippen molar-refractivity contribution >= 4 is 0 Å². The van der Waals surface area contributed by atoms with E-state index in [1.807, 2.05) is 12.1 Å². The van der Waals surface area contributed by atoms with E-state index in [0.717, 1.165) is 44.9 Å². The third-order valence-electron chi connectivity index (χ3n) is 5.37. The molecule has 1 saturated heterocycles. The number of benzene rings is 2. The van der Waals surface area contributed by atoms with E-state index >= 15 is 0 Å². The van der Waals surface area contributed by atoms with Gasteiger partial charge in [-0.15, -0.1) is 0 Å². The number of aliphatic hydroxyl groups excluding tert-OH is 1. The van der Waals surface area contributed by atoms with E-state index in [-0.39, 0.29) is 6.61 Å². The molecule has 1 N–H and O–H groups in total. The molecule has 140 valence electrons. The molecule has 4 nitrogen and oxygen atoms in total. The molecule has 0 spiro atoms. The van der Waals surface area contributed by atoms with Crippen LogP contribution in [0.3, 0.4) is 0 Å². The summed E-state index contributed by atoms with van der Waals surface area (Å²) in [6.07, 6.45) is 0.814. The minimum Gasteiger partial charge on any atom is -0.496 e. The molecule has 1 fully saturated rings. The van der Waals surface area contributed by atoms with E-state index < -0.39 is 0 Å². The third-order valence-corrected chi connectivity index (χ3v) is 5.37. The summed E-state index contributed by atoms with van der Waals surface area (Å²) in [5, 5.41) is 9.55. The van der Waals surface area contributed by atoms with E-state index in [1.54, 1.807) is 7.11 Å². The van der Waals surface area contributed by atoms with Crippen molar-refractivity contribution in [3.8, 4) is 5.75 Å². The van der Waals surface area contributed by atoms with Crippen molar-refractivity contribution in [2.75, 3.05) is 33.4 Å². The van der Waals surface area contributed by atoms with Gasteiger partial charge < -0.3 is 9.84 Å². The highest BCUT2D eigenvalue weighted by Crippen LogP contribution is 2.23. The molecular weight excluding hydrogens is 324 g/mol. The smallest absolute Gasteiger partial charge is 0.123 e. The molecule has 1 aliphatic rings. The number of nitrogens with zero attached hydrogens (tertiary/aromatic N) is 2. The van der Waals surface area contributed by atoms with Gasteiger partial charge in [-0.05, 0) is 30.5 Å². The SMILES string of the molecule is COc1ccccc1CN1CCN(Cc2ccccc2C)[C@@H](CCO)C1. The molecule has 0 aromatic heterocycles. The van der Waals surface area contributed by atoms with E-state index in [0.29, 0.717) is 6.04 Å². The maximum Gasteiger partial charge on any atom is 0.123 e. The molecule has 0 aliphatic carbocycles. The number of methoxy groups -OCH3 is 1. The first-order chi connectivity index (χ1) is 12.7. The van der Waals surface area contributed by atoms with Gasteiger partial charge in [-0.3, -0.25) is 9.80 Å². The van der Waals surface area contributed by atoms with Crippen LogP contribution in [0.1, 0.15) is 23.1 Å². The van der Waals surface area contributed by atoms with E-state index in [2.05, 4.69) is 53.1 Å². The molecule has 3 rings (SSSR count). The Labute approximate surface area is 157 Å². The normalized spacial score (nSPS) is 18.8. The lowest BCUT2D eigenvalue weighted by atomic mass is 10.0. The molecule has 1 atom stereocenters. The number of aryl methyl sites for hydroxylation is 1. The molecule has 0 saturated carbocycles. The first-order valence-electron chi connectivity index (χ1n) is 9.45.